The maximum absolute atomic E-state index is 12.1. The summed E-state index contributed by atoms with van der Waals surface area (Å²) in [6, 6.07) is 0. The zero-order chi connectivity index (χ0) is 11.7. The molecule has 2 bridgehead atoms. The molecule has 4 atom stereocenters. The molecule has 1 aliphatic heterocycles. The van der Waals surface area contributed by atoms with Gasteiger partial charge < -0.3 is 5.32 Å². The molecule has 17 heavy (non-hydrogen) atoms. The summed E-state index contributed by atoms with van der Waals surface area (Å²) in [5.74, 6) is 3.84. The molecule has 1 heterocycles. The van der Waals surface area contributed by atoms with Crippen molar-refractivity contribution in [1.82, 2.24) is 5.32 Å². The van der Waals surface area contributed by atoms with E-state index in [0.717, 1.165) is 43.7 Å². The van der Waals surface area contributed by atoms with Gasteiger partial charge in [0.15, 0.2) is 0 Å². The number of nitrogens with one attached hydrogen (secondary N) is 1. The topological polar surface area (TPSA) is 29.1 Å². The van der Waals surface area contributed by atoms with E-state index in [2.05, 4.69) is 5.32 Å². The molecular weight excluding hydrogens is 210 g/mol. The number of fused-ring (bicyclic) bond motifs is 2. The van der Waals surface area contributed by atoms with Gasteiger partial charge in [-0.2, -0.15) is 0 Å². The first kappa shape index (κ1) is 11.7. The Bertz CT molecular complexity index is 283. The molecule has 3 aliphatic rings. The van der Waals surface area contributed by atoms with Crippen LogP contribution in [0.25, 0.3) is 0 Å². The Labute approximate surface area is 105 Å². The molecule has 0 radical (unpaired) electrons. The van der Waals surface area contributed by atoms with Crippen LogP contribution in [0.15, 0.2) is 0 Å². The standard InChI is InChI=1S/C15H25NO/c17-15(8-12-2-1-5-16-10-12)9-14-7-11-3-4-13(14)6-11/h11-14,16H,1-10H2. The van der Waals surface area contributed by atoms with Gasteiger partial charge in [0.1, 0.15) is 5.78 Å². The minimum absolute atomic E-state index is 0.552. The summed E-state index contributed by atoms with van der Waals surface area (Å²) in [4.78, 5) is 12.1. The van der Waals surface area contributed by atoms with Crippen molar-refractivity contribution in [1.29, 1.82) is 0 Å². The molecule has 3 rings (SSSR count). The molecule has 0 aromatic carbocycles. The SMILES string of the molecule is O=C(CC1CCCNC1)CC1CC2CCC1C2. The quantitative estimate of drug-likeness (QED) is 0.812. The number of rotatable bonds is 4. The maximum Gasteiger partial charge on any atom is 0.133 e. The maximum atomic E-state index is 12.1. The number of Topliss-reactive ketones (excluding diaryl/α,β-unsaturated/α-hetero) is 1. The largest absolute Gasteiger partial charge is 0.316 e. The zero-order valence-electron chi connectivity index (χ0n) is 10.8. The molecular formula is C15H25NO. The van der Waals surface area contributed by atoms with E-state index in [0.29, 0.717) is 11.7 Å². The van der Waals surface area contributed by atoms with Crippen molar-refractivity contribution >= 4 is 5.78 Å². The molecule has 2 aliphatic carbocycles. The van der Waals surface area contributed by atoms with Crippen LogP contribution in [0.3, 0.4) is 0 Å². The average Bonchev–Trinajstić information content (AvgIpc) is 2.92. The first-order valence-corrected chi connectivity index (χ1v) is 7.53. The van der Waals surface area contributed by atoms with Crippen LogP contribution in [-0.2, 0) is 4.79 Å². The van der Waals surface area contributed by atoms with Crippen molar-refractivity contribution < 1.29 is 4.79 Å². The monoisotopic (exact) mass is 235 g/mol. The number of hydrogen-bond donors (Lipinski definition) is 1. The average molecular weight is 235 g/mol. The molecule has 0 amide bonds. The van der Waals surface area contributed by atoms with Crippen molar-refractivity contribution in [3.8, 4) is 0 Å². The van der Waals surface area contributed by atoms with E-state index in [-0.39, 0.29) is 0 Å². The summed E-state index contributed by atoms with van der Waals surface area (Å²) in [5.41, 5.74) is 0. The van der Waals surface area contributed by atoms with Gasteiger partial charge in [-0.3, -0.25) is 4.79 Å². The van der Waals surface area contributed by atoms with Crippen LogP contribution in [0.5, 0.6) is 0 Å². The molecule has 0 aromatic rings. The number of carbonyl (C=O) groups is 1. The van der Waals surface area contributed by atoms with Gasteiger partial charge in [0.05, 0.1) is 0 Å². The zero-order valence-corrected chi connectivity index (χ0v) is 10.8. The Morgan fingerprint density at radius 2 is 2.06 bits per heavy atom. The van der Waals surface area contributed by atoms with Crippen molar-refractivity contribution in [3.63, 3.8) is 0 Å². The van der Waals surface area contributed by atoms with Gasteiger partial charge in [0.2, 0.25) is 0 Å². The number of piperidine rings is 1. The summed E-state index contributed by atoms with van der Waals surface area (Å²) in [5, 5.41) is 3.41. The molecule has 0 spiro atoms. The molecule has 3 fully saturated rings. The van der Waals surface area contributed by atoms with Gasteiger partial charge in [0, 0.05) is 12.8 Å². The predicted octanol–water partition coefficient (Wildman–Crippen LogP) is 2.77. The van der Waals surface area contributed by atoms with Gasteiger partial charge in [0.25, 0.3) is 0 Å². The molecule has 2 saturated carbocycles. The van der Waals surface area contributed by atoms with Crippen LogP contribution in [0.4, 0.5) is 0 Å². The van der Waals surface area contributed by atoms with E-state index in [9.17, 15) is 4.79 Å². The van der Waals surface area contributed by atoms with Crippen LogP contribution in [0, 0.1) is 23.7 Å². The third-order valence-electron chi connectivity index (χ3n) is 5.29. The second-order valence-corrected chi connectivity index (χ2v) is 6.59. The lowest BCUT2D eigenvalue weighted by atomic mass is 9.83. The van der Waals surface area contributed by atoms with Crippen LogP contribution >= 0.6 is 0 Å². The van der Waals surface area contributed by atoms with Crippen LogP contribution < -0.4 is 5.32 Å². The summed E-state index contributed by atoms with van der Waals surface area (Å²) < 4.78 is 0. The molecule has 96 valence electrons. The second-order valence-electron chi connectivity index (χ2n) is 6.59. The first-order chi connectivity index (χ1) is 8.31. The number of hydrogen-bond acceptors (Lipinski definition) is 2. The Kier molecular flexibility index (Phi) is 3.51. The van der Waals surface area contributed by atoms with Gasteiger partial charge in [-0.25, -0.2) is 0 Å². The lowest BCUT2D eigenvalue weighted by Gasteiger charge is -2.24. The van der Waals surface area contributed by atoms with Crippen molar-refractivity contribution in [2.45, 2.75) is 51.4 Å². The molecule has 1 N–H and O–H groups in total. The van der Waals surface area contributed by atoms with Crippen LogP contribution in [-0.4, -0.2) is 18.9 Å². The number of carbonyl (C=O) groups excluding carboxylic acids is 1. The summed E-state index contributed by atoms with van der Waals surface area (Å²) in [6.07, 6.45) is 9.91. The molecule has 1 saturated heterocycles. The van der Waals surface area contributed by atoms with Gasteiger partial charge >= 0.3 is 0 Å². The molecule has 0 aromatic heterocycles. The highest BCUT2D eigenvalue weighted by Crippen LogP contribution is 2.49. The fraction of sp³-hybridized carbons (Fsp3) is 0.933. The predicted molar refractivity (Wildman–Crippen MR) is 68.8 cm³/mol. The number of ketones is 1. The normalized spacial score (nSPS) is 40.7. The fourth-order valence-electron chi connectivity index (χ4n) is 4.42. The van der Waals surface area contributed by atoms with E-state index in [4.69, 9.17) is 0 Å². The van der Waals surface area contributed by atoms with E-state index in [1.54, 1.807) is 0 Å². The Morgan fingerprint density at radius 3 is 2.71 bits per heavy atom. The third kappa shape index (κ3) is 2.73. The molecule has 2 nitrogen and oxygen atoms in total. The minimum atomic E-state index is 0.552. The molecule has 4 unspecified atom stereocenters. The minimum Gasteiger partial charge on any atom is -0.316 e. The van der Waals surface area contributed by atoms with Gasteiger partial charge in [-0.15, -0.1) is 0 Å². The Morgan fingerprint density at radius 1 is 1.12 bits per heavy atom. The van der Waals surface area contributed by atoms with Gasteiger partial charge in [-0.1, -0.05) is 6.42 Å². The summed E-state index contributed by atoms with van der Waals surface area (Å²) in [6.45, 7) is 2.22. The Hall–Kier alpha value is -0.370. The second kappa shape index (κ2) is 5.09. The van der Waals surface area contributed by atoms with E-state index in [1.165, 1.54) is 38.5 Å². The van der Waals surface area contributed by atoms with Gasteiger partial charge in [-0.05, 0) is 68.9 Å². The molecule has 2 heteroatoms. The summed E-state index contributed by atoms with van der Waals surface area (Å²) in [7, 11) is 0. The highest BCUT2D eigenvalue weighted by Gasteiger charge is 2.40. The highest BCUT2D eigenvalue weighted by molar-refractivity contribution is 5.79. The summed E-state index contributed by atoms with van der Waals surface area (Å²) >= 11 is 0. The Balaban J connectivity index is 1.44. The van der Waals surface area contributed by atoms with Crippen molar-refractivity contribution in [3.05, 3.63) is 0 Å². The van der Waals surface area contributed by atoms with E-state index < -0.39 is 0 Å². The van der Waals surface area contributed by atoms with Crippen LogP contribution in [0.1, 0.15) is 51.4 Å². The van der Waals surface area contributed by atoms with Crippen molar-refractivity contribution in [2.24, 2.45) is 23.7 Å². The highest BCUT2D eigenvalue weighted by atomic mass is 16.1. The van der Waals surface area contributed by atoms with E-state index >= 15 is 0 Å². The lowest BCUT2D eigenvalue weighted by Crippen LogP contribution is -2.31. The van der Waals surface area contributed by atoms with Crippen molar-refractivity contribution in [2.75, 3.05) is 13.1 Å². The third-order valence-corrected chi connectivity index (χ3v) is 5.29. The fourth-order valence-corrected chi connectivity index (χ4v) is 4.42. The lowest BCUT2D eigenvalue weighted by molar-refractivity contribution is -0.121. The van der Waals surface area contributed by atoms with Crippen LogP contribution in [0.2, 0.25) is 0 Å². The van der Waals surface area contributed by atoms with E-state index in [1.807, 2.05) is 0 Å². The first-order valence-electron chi connectivity index (χ1n) is 7.53. The smallest absolute Gasteiger partial charge is 0.133 e.